The molecule has 1 saturated heterocycles. The Kier molecular flexibility index (Phi) is 2.42. The van der Waals surface area contributed by atoms with Crippen molar-refractivity contribution in [2.45, 2.75) is 25.2 Å². The van der Waals surface area contributed by atoms with Crippen LogP contribution in [0.15, 0.2) is 12.1 Å². The van der Waals surface area contributed by atoms with Crippen LogP contribution in [-0.4, -0.2) is 19.0 Å². The maximum Gasteiger partial charge on any atom is 0.235 e. The Morgan fingerprint density at radius 3 is 2.71 bits per heavy atom. The van der Waals surface area contributed by atoms with Gasteiger partial charge in [-0.3, -0.25) is 4.79 Å². The number of carbonyl (C=O) groups excluding carboxylic acids is 1. The van der Waals surface area contributed by atoms with Gasteiger partial charge in [-0.25, -0.2) is 0 Å². The van der Waals surface area contributed by atoms with Crippen LogP contribution in [0.2, 0.25) is 5.02 Å². The second-order valence-corrected chi connectivity index (χ2v) is 5.34. The minimum Gasteiger partial charge on any atom is -0.325 e. The smallest absolute Gasteiger partial charge is 0.235 e. The summed E-state index contributed by atoms with van der Waals surface area (Å²) in [5.41, 5.74) is 2.69. The molecule has 3 rings (SSSR count). The number of hydrogen-bond acceptors (Lipinski definition) is 2. The van der Waals surface area contributed by atoms with Crippen LogP contribution >= 0.6 is 11.6 Å². The number of aryl methyl sites for hydroxylation is 1. The summed E-state index contributed by atoms with van der Waals surface area (Å²) >= 11 is 6.19. The molecule has 90 valence electrons. The van der Waals surface area contributed by atoms with Gasteiger partial charge in [-0.15, -0.1) is 0 Å². The summed E-state index contributed by atoms with van der Waals surface area (Å²) in [5, 5.41) is 7.05. The first-order valence-corrected chi connectivity index (χ1v) is 6.34. The molecule has 2 heterocycles. The SMILES string of the molecule is Cc1cc2c(cc1Cl)C1(CCNCC1)C(=O)N2. The summed E-state index contributed by atoms with van der Waals surface area (Å²) < 4.78 is 0. The molecular formula is C13H15ClN2O. The molecule has 3 nitrogen and oxygen atoms in total. The van der Waals surface area contributed by atoms with E-state index in [4.69, 9.17) is 11.6 Å². The highest BCUT2D eigenvalue weighted by atomic mass is 35.5. The maximum absolute atomic E-state index is 12.2. The van der Waals surface area contributed by atoms with Crippen molar-refractivity contribution in [1.82, 2.24) is 5.32 Å². The van der Waals surface area contributed by atoms with Crippen molar-refractivity contribution < 1.29 is 4.79 Å². The van der Waals surface area contributed by atoms with Crippen molar-refractivity contribution in [3.8, 4) is 0 Å². The molecule has 1 spiro atoms. The maximum atomic E-state index is 12.2. The van der Waals surface area contributed by atoms with Gasteiger partial charge in [-0.2, -0.15) is 0 Å². The minimum absolute atomic E-state index is 0.135. The molecule has 17 heavy (non-hydrogen) atoms. The molecule has 2 aliphatic heterocycles. The molecule has 2 aliphatic rings. The lowest BCUT2D eigenvalue weighted by atomic mass is 9.74. The lowest BCUT2D eigenvalue weighted by molar-refractivity contribution is -0.121. The summed E-state index contributed by atoms with van der Waals surface area (Å²) in [4.78, 5) is 12.2. The molecule has 0 bridgehead atoms. The summed E-state index contributed by atoms with van der Waals surface area (Å²) in [6, 6.07) is 3.95. The quantitative estimate of drug-likeness (QED) is 0.741. The van der Waals surface area contributed by atoms with E-state index in [0.717, 1.165) is 47.8 Å². The van der Waals surface area contributed by atoms with Crippen LogP contribution in [0.1, 0.15) is 24.0 Å². The molecule has 0 saturated carbocycles. The topological polar surface area (TPSA) is 41.1 Å². The highest BCUT2D eigenvalue weighted by Crippen LogP contribution is 2.45. The molecule has 0 radical (unpaired) electrons. The summed E-state index contributed by atoms with van der Waals surface area (Å²) in [6.45, 7) is 3.74. The van der Waals surface area contributed by atoms with Gasteiger partial charge < -0.3 is 10.6 Å². The molecule has 0 aliphatic carbocycles. The van der Waals surface area contributed by atoms with Crippen molar-refractivity contribution in [3.63, 3.8) is 0 Å². The van der Waals surface area contributed by atoms with Crippen LogP contribution in [-0.2, 0) is 10.2 Å². The number of nitrogens with one attached hydrogen (secondary N) is 2. The van der Waals surface area contributed by atoms with E-state index in [2.05, 4.69) is 10.6 Å². The normalized spacial score (nSPS) is 21.4. The van der Waals surface area contributed by atoms with E-state index in [9.17, 15) is 4.79 Å². The van der Waals surface area contributed by atoms with Gasteiger partial charge in [-0.05, 0) is 56.1 Å². The van der Waals surface area contributed by atoms with Gasteiger partial charge in [0.25, 0.3) is 0 Å². The lowest BCUT2D eigenvalue weighted by Gasteiger charge is -2.32. The highest BCUT2D eigenvalue weighted by Gasteiger charge is 2.47. The predicted octanol–water partition coefficient (Wildman–Crippen LogP) is 2.22. The van der Waals surface area contributed by atoms with Gasteiger partial charge in [0.05, 0.1) is 5.41 Å². The Morgan fingerprint density at radius 1 is 1.29 bits per heavy atom. The van der Waals surface area contributed by atoms with E-state index >= 15 is 0 Å². The number of anilines is 1. The molecule has 2 N–H and O–H groups in total. The Balaban J connectivity index is 2.15. The Labute approximate surface area is 106 Å². The molecule has 0 unspecified atom stereocenters. The molecular weight excluding hydrogens is 236 g/mol. The Morgan fingerprint density at radius 2 is 2.00 bits per heavy atom. The number of amides is 1. The standard InChI is InChI=1S/C13H15ClN2O/c1-8-6-11-9(7-10(8)14)13(12(17)16-11)2-4-15-5-3-13/h6-7,15H,2-5H2,1H3,(H,16,17). The number of fused-ring (bicyclic) bond motifs is 2. The van der Waals surface area contributed by atoms with E-state index in [0.29, 0.717) is 0 Å². The van der Waals surface area contributed by atoms with Crippen molar-refractivity contribution in [3.05, 3.63) is 28.3 Å². The Hall–Kier alpha value is -1.06. The number of carbonyl (C=O) groups is 1. The van der Waals surface area contributed by atoms with Gasteiger partial charge in [0, 0.05) is 10.7 Å². The number of halogens is 1. The van der Waals surface area contributed by atoms with Crippen molar-refractivity contribution in [2.75, 3.05) is 18.4 Å². The fraction of sp³-hybridized carbons (Fsp3) is 0.462. The Bertz CT molecular complexity index is 492. The van der Waals surface area contributed by atoms with Gasteiger partial charge >= 0.3 is 0 Å². The molecule has 1 aromatic carbocycles. The lowest BCUT2D eigenvalue weighted by Crippen LogP contribution is -2.44. The third-order valence-corrected chi connectivity index (χ3v) is 4.36. The fourth-order valence-electron chi connectivity index (χ4n) is 2.90. The first kappa shape index (κ1) is 11.1. The number of piperidine rings is 1. The average molecular weight is 251 g/mol. The van der Waals surface area contributed by atoms with Crippen molar-refractivity contribution in [2.24, 2.45) is 0 Å². The number of benzene rings is 1. The van der Waals surface area contributed by atoms with Crippen LogP contribution in [0.4, 0.5) is 5.69 Å². The molecule has 0 atom stereocenters. The summed E-state index contributed by atoms with van der Waals surface area (Å²) in [6.07, 6.45) is 1.70. The van der Waals surface area contributed by atoms with E-state index in [1.807, 2.05) is 19.1 Å². The molecule has 1 aromatic rings. The van der Waals surface area contributed by atoms with Crippen LogP contribution < -0.4 is 10.6 Å². The monoisotopic (exact) mass is 250 g/mol. The van der Waals surface area contributed by atoms with E-state index in [1.54, 1.807) is 0 Å². The van der Waals surface area contributed by atoms with Gasteiger partial charge in [0.2, 0.25) is 5.91 Å². The molecule has 4 heteroatoms. The zero-order valence-electron chi connectivity index (χ0n) is 9.77. The number of hydrogen-bond donors (Lipinski definition) is 2. The third kappa shape index (κ3) is 1.49. The second-order valence-electron chi connectivity index (χ2n) is 4.93. The van der Waals surface area contributed by atoms with E-state index in [-0.39, 0.29) is 11.3 Å². The van der Waals surface area contributed by atoms with Gasteiger partial charge in [0.15, 0.2) is 0 Å². The van der Waals surface area contributed by atoms with Crippen LogP contribution in [0.3, 0.4) is 0 Å². The van der Waals surface area contributed by atoms with Crippen molar-refractivity contribution >= 4 is 23.2 Å². The largest absolute Gasteiger partial charge is 0.325 e. The zero-order valence-corrected chi connectivity index (χ0v) is 10.5. The van der Waals surface area contributed by atoms with E-state index < -0.39 is 0 Å². The summed E-state index contributed by atoms with van der Waals surface area (Å²) in [7, 11) is 0. The minimum atomic E-state index is -0.349. The van der Waals surface area contributed by atoms with Gasteiger partial charge in [0.1, 0.15) is 0 Å². The third-order valence-electron chi connectivity index (χ3n) is 3.95. The number of rotatable bonds is 0. The van der Waals surface area contributed by atoms with Crippen LogP contribution in [0.25, 0.3) is 0 Å². The van der Waals surface area contributed by atoms with Crippen molar-refractivity contribution in [1.29, 1.82) is 0 Å². The highest BCUT2D eigenvalue weighted by molar-refractivity contribution is 6.31. The molecule has 1 fully saturated rings. The van der Waals surface area contributed by atoms with Crippen LogP contribution in [0.5, 0.6) is 0 Å². The first-order chi connectivity index (χ1) is 8.13. The molecule has 0 aromatic heterocycles. The average Bonchev–Trinajstić information content (AvgIpc) is 2.56. The predicted molar refractivity (Wildman–Crippen MR) is 68.6 cm³/mol. The zero-order chi connectivity index (χ0) is 12.0. The van der Waals surface area contributed by atoms with E-state index in [1.165, 1.54) is 0 Å². The fourth-order valence-corrected chi connectivity index (χ4v) is 3.06. The second kappa shape index (κ2) is 3.72. The van der Waals surface area contributed by atoms with Crippen LogP contribution in [0, 0.1) is 6.92 Å². The summed E-state index contributed by atoms with van der Waals surface area (Å²) in [5.74, 6) is 0.135. The first-order valence-electron chi connectivity index (χ1n) is 5.96. The molecule has 1 amide bonds. The van der Waals surface area contributed by atoms with Gasteiger partial charge in [-0.1, -0.05) is 11.6 Å².